The van der Waals surface area contributed by atoms with Crippen molar-refractivity contribution >= 4 is 23.4 Å². The van der Waals surface area contributed by atoms with Crippen molar-refractivity contribution in [2.45, 2.75) is 12.8 Å². The van der Waals surface area contributed by atoms with Crippen LogP contribution in [0, 0.1) is 5.92 Å². The van der Waals surface area contributed by atoms with Crippen LogP contribution < -0.4 is 5.32 Å². The van der Waals surface area contributed by atoms with Crippen molar-refractivity contribution in [3.63, 3.8) is 0 Å². The van der Waals surface area contributed by atoms with Crippen molar-refractivity contribution in [2.24, 2.45) is 5.92 Å². The lowest BCUT2D eigenvalue weighted by Gasteiger charge is -2.31. The zero-order chi connectivity index (χ0) is 16.9. The number of nitrogens with one attached hydrogen (secondary N) is 1. The Kier molecular flexibility index (Phi) is 5.20. The molecule has 1 aliphatic heterocycles. The summed E-state index contributed by atoms with van der Waals surface area (Å²) in [6.07, 6.45) is 4.74. The van der Waals surface area contributed by atoms with Crippen LogP contribution in [0.5, 0.6) is 0 Å². The molecule has 0 spiro atoms. The number of hydrogen-bond acceptors (Lipinski definition) is 3. The van der Waals surface area contributed by atoms with Gasteiger partial charge < -0.3 is 14.6 Å². The minimum atomic E-state index is -0.0939. The first-order valence-corrected chi connectivity index (χ1v) is 8.36. The van der Waals surface area contributed by atoms with Crippen LogP contribution in [0.2, 0.25) is 5.02 Å². The minimum absolute atomic E-state index is 0.00685. The molecule has 1 saturated heterocycles. The summed E-state index contributed by atoms with van der Waals surface area (Å²) >= 11 is 5.82. The molecule has 0 radical (unpaired) electrons. The second-order valence-corrected chi connectivity index (χ2v) is 6.40. The molecule has 6 heteroatoms. The molecule has 5 nitrogen and oxygen atoms in total. The number of carbonyl (C=O) groups excluding carboxylic acids is 2. The summed E-state index contributed by atoms with van der Waals surface area (Å²) in [7, 11) is 0. The minimum Gasteiger partial charge on any atom is -0.472 e. The molecule has 1 aromatic heterocycles. The average Bonchev–Trinajstić information content (AvgIpc) is 3.15. The van der Waals surface area contributed by atoms with Crippen molar-refractivity contribution in [1.82, 2.24) is 10.2 Å². The Labute approximate surface area is 145 Å². The molecular formula is C18H19ClN2O3. The van der Waals surface area contributed by atoms with Gasteiger partial charge in [0.15, 0.2) is 0 Å². The van der Waals surface area contributed by atoms with Gasteiger partial charge in [0.1, 0.15) is 6.26 Å². The third kappa shape index (κ3) is 3.97. The molecule has 0 atom stereocenters. The molecule has 24 heavy (non-hydrogen) atoms. The van der Waals surface area contributed by atoms with E-state index in [9.17, 15) is 9.59 Å². The first-order chi connectivity index (χ1) is 11.6. The highest BCUT2D eigenvalue weighted by Gasteiger charge is 2.24. The Hall–Kier alpha value is -2.27. The second kappa shape index (κ2) is 7.53. The van der Waals surface area contributed by atoms with Crippen LogP contribution in [0.15, 0.2) is 47.3 Å². The number of nitrogens with zero attached hydrogens (tertiary/aromatic N) is 1. The molecule has 0 bridgehead atoms. The molecule has 126 valence electrons. The number of benzene rings is 1. The van der Waals surface area contributed by atoms with Crippen molar-refractivity contribution in [3.8, 4) is 0 Å². The molecule has 0 saturated carbocycles. The van der Waals surface area contributed by atoms with Gasteiger partial charge in [-0.3, -0.25) is 9.59 Å². The van der Waals surface area contributed by atoms with E-state index in [2.05, 4.69) is 5.32 Å². The summed E-state index contributed by atoms with van der Waals surface area (Å²) in [5, 5.41) is 3.57. The summed E-state index contributed by atoms with van der Waals surface area (Å²) in [6.45, 7) is 2.02. The van der Waals surface area contributed by atoms with E-state index >= 15 is 0 Å². The van der Waals surface area contributed by atoms with E-state index in [1.165, 1.54) is 12.5 Å². The van der Waals surface area contributed by atoms with Crippen LogP contribution in [-0.2, 0) is 0 Å². The molecule has 1 aromatic carbocycles. The third-order valence-corrected chi connectivity index (χ3v) is 4.58. The topological polar surface area (TPSA) is 62.6 Å². The van der Waals surface area contributed by atoms with E-state index in [0.717, 1.165) is 12.8 Å². The van der Waals surface area contributed by atoms with Crippen molar-refractivity contribution in [3.05, 3.63) is 59.0 Å². The van der Waals surface area contributed by atoms with Gasteiger partial charge in [0.25, 0.3) is 11.8 Å². The highest BCUT2D eigenvalue weighted by Crippen LogP contribution is 2.19. The number of halogens is 1. The molecule has 0 aliphatic carbocycles. The van der Waals surface area contributed by atoms with Gasteiger partial charge in [-0.05, 0) is 49.1 Å². The van der Waals surface area contributed by atoms with Crippen molar-refractivity contribution in [2.75, 3.05) is 19.6 Å². The standard InChI is InChI=1S/C18H19ClN2O3/c19-16-3-1-14(2-4-16)17(22)20-11-13-5-8-21(9-6-13)18(23)15-7-10-24-12-15/h1-4,7,10,12-13H,5-6,8-9,11H2,(H,20,22). The van der Waals surface area contributed by atoms with E-state index in [0.29, 0.717) is 41.7 Å². The molecule has 1 aliphatic rings. The summed E-state index contributed by atoms with van der Waals surface area (Å²) < 4.78 is 4.96. The predicted octanol–water partition coefficient (Wildman–Crippen LogP) is 3.22. The lowest BCUT2D eigenvalue weighted by molar-refractivity contribution is 0.0683. The summed E-state index contributed by atoms with van der Waals surface area (Å²) in [5.41, 5.74) is 1.19. The molecule has 3 rings (SSSR count). The fourth-order valence-corrected chi connectivity index (χ4v) is 2.98. The first-order valence-electron chi connectivity index (χ1n) is 7.99. The van der Waals surface area contributed by atoms with Crippen LogP contribution in [0.1, 0.15) is 33.6 Å². The van der Waals surface area contributed by atoms with Crippen LogP contribution in [0.4, 0.5) is 0 Å². The molecule has 2 amide bonds. The van der Waals surface area contributed by atoms with Gasteiger partial charge in [0.05, 0.1) is 11.8 Å². The quantitative estimate of drug-likeness (QED) is 0.924. The Morgan fingerprint density at radius 3 is 2.46 bits per heavy atom. The Morgan fingerprint density at radius 2 is 1.83 bits per heavy atom. The van der Waals surface area contributed by atoms with Gasteiger partial charge in [-0.1, -0.05) is 11.6 Å². The molecule has 2 aromatic rings. The highest BCUT2D eigenvalue weighted by molar-refractivity contribution is 6.30. The largest absolute Gasteiger partial charge is 0.472 e. The zero-order valence-electron chi connectivity index (χ0n) is 13.2. The van der Waals surface area contributed by atoms with Gasteiger partial charge in [0.2, 0.25) is 0 Å². The van der Waals surface area contributed by atoms with Crippen LogP contribution in [0.25, 0.3) is 0 Å². The van der Waals surface area contributed by atoms with Crippen molar-refractivity contribution < 1.29 is 14.0 Å². The van der Waals surface area contributed by atoms with Gasteiger partial charge >= 0.3 is 0 Å². The van der Waals surface area contributed by atoms with Gasteiger partial charge in [-0.2, -0.15) is 0 Å². The molecule has 1 fully saturated rings. The predicted molar refractivity (Wildman–Crippen MR) is 91.1 cm³/mol. The van der Waals surface area contributed by atoms with Crippen LogP contribution in [-0.4, -0.2) is 36.3 Å². The number of rotatable bonds is 4. The monoisotopic (exact) mass is 346 g/mol. The number of piperidine rings is 1. The maximum absolute atomic E-state index is 12.2. The lowest BCUT2D eigenvalue weighted by atomic mass is 9.96. The number of likely N-dealkylation sites (tertiary alicyclic amines) is 1. The number of carbonyl (C=O) groups is 2. The second-order valence-electron chi connectivity index (χ2n) is 5.96. The summed E-state index contributed by atoms with van der Waals surface area (Å²) in [5.74, 6) is 0.297. The molecule has 0 unspecified atom stereocenters. The number of amides is 2. The summed E-state index contributed by atoms with van der Waals surface area (Å²) in [6, 6.07) is 8.52. The van der Waals surface area contributed by atoms with E-state index in [4.69, 9.17) is 16.0 Å². The third-order valence-electron chi connectivity index (χ3n) is 4.33. The van der Waals surface area contributed by atoms with Crippen LogP contribution in [0.3, 0.4) is 0 Å². The van der Waals surface area contributed by atoms with E-state index in [1.807, 2.05) is 4.90 Å². The number of hydrogen-bond donors (Lipinski definition) is 1. The zero-order valence-corrected chi connectivity index (χ0v) is 14.0. The highest BCUT2D eigenvalue weighted by atomic mass is 35.5. The fourth-order valence-electron chi connectivity index (χ4n) is 2.85. The van der Waals surface area contributed by atoms with Crippen LogP contribution >= 0.6 is 11.6 Å². The molecule has 1 N–H and O–H groups in total. The SMILES string of the molecule is O=C(NCC1CCN(C(=O)c2ccoc2)CC1)c1ccc(Cl)cc1. The van der Waals surface area contributed by atoms with Gasteiger partial charge in [-0.15, -0.1) is 0 Å². The van der Waals surface area contributed by atoms with Gasteiger partial charge in [0, 0.05) is 30.2 Å². The maximum Gasteiger partial charge on any atom is 0.257 e. The Morgan fingerprint density at radius 1 is 1.12 bits per heavy atom. The van der Waals surface area contributed by atoms with Crippen molar-refractivity contribution in [1.29, 1.82) is 0 Å². The Balaban J connectivity index is 1.45. The first kappa shape index (κ1) is 16.6. The summed E-state index contributed by atoms with van der Waals surface area (Å²) in [4.78, 5) is 26.2. The molecular weight excluding hydrogens is 328 g/mol. The Bertz CT molecular complexity index is 690. The average molecular weight is 347 g/mol. The maximum atomic E-state index is 12.2. The smallest absolute Gasteiger partial charge is 0.257 e. The fraction of sp³-hybridized carbons (Fsp3) is 0.333. The van der Waals surface area contributed by atoms with E-state index in [1.54, 1.807) is 30.3 Å². The van der Waals surface area contributed by atoms with Gasteiger partial charge in [-0.25, -0.2) is 0 Å². The normalized spacial score (nSPS) is 15.3. The number of furan rings is 1. The van der Waals surface area contributed by atoms with E-state index in [-0.39, 0.29) is 11.8 Å². The molecule has 2 heterocycles. The lowest BCUT2D eigenvalue weighted by Crippen LogP contribution is -2.41. The van der Waals surface area contributed by atoms with E-state index < -0.39 is 0 Å².